The van der Waals surface area contributed by atoms with Gasteiger partial charge in [0.2, 0.25) is 0 Å². The molecule has 0 saturated heterocycles. The van der Waals surface area contributed by atoms with Crippen LogP contribution in [0.15, 0.2) is 6.07 Å². The lowest BCUT2D eigenvalue weighted by Gasteiger charge is -2.09. The van der Waals surface area contributed by atoms with Crippen LogP contribution in [0.1, 0.15) is 10.4 Å². The Hall–Kier alpha value is -1.69. The van der Waals surface area contributed by atoms with Crippen LogP contribution in [0.4, 0.5) is 8.78 Å². The van der Waals surface area contributed by atoms with Gasteiger partial charge in [0.25, 0.3) is 0 Å². The van der Waals surface area contributed by atoms with Crippen LogP contribution in [0.5, 0.6) is 11.5 Å². The number of ketones is 1. The second-order valence-electron chi connectivity index (χ2n) is 3.05. The summed E-state index contributed by atoms with van der Waals surface area (Å²) in [6.45, 7) is -0.211. The van der Waals surface area contributed by atoms with Gasteiger partial charge in [-0.1, -0.05) is 0 Å². The average Bonchev–Trinajstić information content (AvgIpc) is 2.24. The van der Waals surface area contributed by atoms with E-state index < -0.39 is 28.7 Å². The number of carbonyl (C=O) groups is 1. The number of benzene rings is 1. The number of methoxy groups -OCH3 is 1. The molecule has 0 aromatic heterocycles. The molecule has 0 spiro atoms. The number of hydrogen-bond donors (Lipinski definition) is 2. The third kappa shape index (κ3) is 2.11. The molecule has 0 radical (unpaired) electrons. The molecule has 0 saturated carbocycles. The number of nitrogens with one attached hydrogen (secondary N) is 1. The zero-order valence-electron chi connectivity index (χ0n) is 8.80. The zero-order chi connectivity index (χ0) is 12.3. The number of rotatable bonds is 4. The largest absolute Gasteiger partial charge is 0.504 e. The number of ether oxygens (including phenoxy) is 1. The van der Waals surface area contributed by atoms with E-state index >= 15 is 0 Å². The molecule has 88 valence electrons. The molecule has 0 atom stereocenters. The maximum absolute atomic E-state index is 13.3. The van der Waals surface area contributed by atoms with E-state index in [1.807, 2.05) is 0 Å². The molecule has 1 aromatic carbocycles. The summed E-state index contributed by atoms with van der Waals surface area (Å²) < 4.78 is 31.0. The van der Waals surface area contributed by atoms with Crippen LogP contribution < -0.4 is 10.1 Å². The summed E-state index contributed by atoms with van der Waals surface area (Å²) in [5.74, 6) is -4.34. The Labute approximate surface area is 90.8 Å². The monoisotopic (exact) mass is 231 g/mol. The van der Waals surface area contributed by atoms with Gasteiger partial charge in [-0.2, -0.15) is 0 Å². The van der Waals surface area contributed by atoms with E-state index in [0.29, 0.717) is 6.07 Å². The second-order valence-corrected chi connectivity index (χ2v) is 3.05. The first-order valence-electron chi connectivity index (χ1n) is 4.45. The first kappa shape index (κ1) is 12.4. The molecule has 1 aromatic rings. The van der Waals surface area contributed by atoms with E-state index in [9.17, 15) is 18.7 Å². The van der Waals surface area contributed by atoms with Crippen molar-refractivity contribution in [3.8, 4) is 11.5 Å². The van der Waals surface area contributed by atoms with Crippen LogP contribution in [0.3, 0.4) is 0 Å². The predicted octanol–water partition coefficient (Wildman–Crippen LogP) is 1.08. The van der Waals surface area contributed by atoms with Gasteiger partial charge in [0.15, 0.2) is 28.9 Å². The summed E-state index contributed by atoms with van der Waals surface area (Å²) in [6, 6.07) is 0.681. The lowest BCUT2D eigenvalue weighted by atomic mass is 10.1. The molecule has 0 aliphatic heterocycles. The van der Waals surface area contributed by atoms with Crippen LogP contribution >= 0.6 is 0 Å². The van der Waals surface area contributed by atoms with E-state index in [1.54, 1.807) is 0 Å². The van der Waals surface area contributed by atoms with E-state index in [1.165, 1.54) is 14.2 Å². The number of likely N-dealkylation sites (N-methyl/N-ethyl adjacent to an activating group) is 1. The second kappa shape index (κ2) is 4.89. The first-order valence-corrected chi connectivity index (χ1v) is 4.45. The van der Waals surface area contributed by atoms with Gasteiger partial charge >= 0.3 is 0 Å². The topological polar surface area (TPSA) is 58.6 Å². The van der Waals surface area contributed by atoms with Crippen LogP contribution in [0, 0.1) is 11.6 Å². The molecule has 0 heterocycles. The molecule has 2 N–H and O–H groups in total. The first-order chi connectivity index (χ1) is 7.52. The molecule has 0 unspecified atom stereocenters. The highest BCUT2D eigenvalue weighted by Crippen LogP contribution is 2.33. The Morgan fingerprint density at radius 3 is 2.69 bits per heavy atom. The van der Waals surface area contributed by atoms with Gasteiger partial charge in [-0.05, 0) is 7.05 Å². The summed E-state index contributed by atoms with van der Waals surface area (Å²) >= 11 is 0. The van der Waals surface area contributed by atoms with Crippen LogP contribution in [0.25, 0.3) is 0 Å². The van der Waals surface area contributed by atoms with Crippen molar-refractivity contribution >= 4 is 5.78 Å². The summed E-state index contributed by atoms with van der Waals surface area (Å²) in [5.41, 5.74) is -0.703. The molecule has 16 heavy (non-hydrogen) atoms. The summed E-state index contributed by atoms with van der Waals surface area (Å²) in [5, 5.41) is 12.0. The lowest BCUT2D eigenvalue weighted by molar-refractivity contribution is 0.0985. The molecular formula is C10H11F2NO3. The number of phenols is 1. The van der Waals surface area contributed by atoms with E-state index in [0.717, 1.165) is 0 Å². The molecule has 0 amide bonds. The quantitative estimate of drug-likeness (QED) is 0.761. The fraction of sp³-hybridized carbons (Fsp3) is 0.300. The number of aromatic hydroxyl groups is 1. The highest BCUT2D eigenvalue weighted by molar-refractivity contribution is 6.01. The number of phenolic OH excluding ortho intramolecular Hbond substituents is 1. The molecule has 0 bridgehead atoms. The van der Waals surface area contributed by atoms with Crippen LogP contribution in [-0.4, -0.2) is 31.6 Å². The lowest BCUT2D eigenvalue weighted by Crippen LogP contribution is -2.20. The molecule has 0 fully saturated rings. The minimum absolute atomic E-state index is 0.211. The third-order valence-electron chi connectivity index (χ3n) is 1.99. The van der Waals surface area contributed by atoms with Crippen molar-refractivity contribution in [1.82, 2.24) is 5.32 Å². The van der Waals surface area contributed by atoms with Gasteiger partial charge in [0.05, 0.1) is 13.7 Å². The molecule has 4 nitrogen and oxygen atoms in total. The Kier molecular flexibility index (Phi) is 3.78. The maximum atomic E-state index is 13.3. The van der Waals surface area contributed by atoms with Gasteiger partial charge in [-0.15, -0.1) is 0 Å². The Morgan fingerprint density at radius 1 is 1.56 bits per heavy atom. The molecule has 0 aliphatic carbocycles. The number of halogens is 2. The average molecular weight is 231 g/mol. The Morgan fingerprint density at radius 2 is 2.19 bits per heavy atom. The number of Topliss-reactive ketones (excluding diaryl/α,β-unsaturated/α-hetero) is 1. The van der Waals surface area contributed by atoms with Crippen molar-refractivity contribution in [1.29, 1.82) is 0 Å². The van der Waals surface area contributed by atoms with Crippen molar-refractivity contribution in [3.05, 3.63) is 23.3 Å². The van der Waals surface area contributed by atoms with E-state index in [2.05, 4.69) is 10.1 Å². The van der Waals surface area contributed by atoms with E-state index in [-0.39, 0.29) is 12.3 Å². The minimum Gasteiger partial charge on any atom is -0.504 e. The summed E-state index contributed by atoms with van der Waals surface area (Å²) in [7, 11) is 2.65. The number of hydrogen-bond acceptors (Lipinski definition) is 4. The smallest absolute Gasteiger partial charge is 0.183 e. The van der Waals surface area contributed by atoms with Gasteiger partial charge in [0.1, 0.15) is 5.56 Å². The molecule has 1 rings (SSSR count). The maximum Gasteiger partial charge on any atom is 0.183 e. The Balaban J connectivity index is 3.35. The van der Waals surface area contributed by atoms with Crippen molar-refractivity contribution < 1.29 is 23.4 Å². The fourth-order valence-corrected chi connectivity index (χ4v) is 1.25. The van der Waals surface area contributed by atoms with Crippen molar-refractivity contribution in [3.63, 3.8) is 0 Å². The minimum atomic E-state index is -1.38. The normalized spacial score (nSPS) is 10.2. The predicted molar refractivity (Wildman–Crippen MR) is 52.8 cm³/mol. The summed E-state index contributed by atoms with van der Waals surface area (Å²) in [4.78, 5) is 11.4. The fourth-order valence-electron chi connectivity index (χ4n) is 1.25. The van der Waals surface area contributed by atoms with Crippen molar-refractivity contribution in [2.75, 3.05) is 20.7 Å². The van der Waals surface area contributed by atoms with Crippen molar-refractivity contribution in [2.24, 2.45) is 0 Å². The van der Waals surface area contributed by atoms with Crippen molar-refractivity contribution in [2.45, 2.75) is 0 Å². The number of carbonyl (C=O) groups excluding carboxylic acids is 1. The van der Waals surface area contributed by atoms with Crippen LogP contribution in [0.2, 0.25) is 0 Å². The highest BCUT2D eigenvalue weighted by atomic mass is 19.2. The van der Waals surface area contributed by atoms with Gasteiger partial charge in [0, 0.05) is 6.07 Å². The standard InChI is InChI=1S/C10H11F2NO3/c1-13-4-6(14)8-9(12)5(11)3-7(16-2)10(8)15/h3,13,15H,4H2,1-2H3. The van der Waals surface area contributed by atoms with E-state index in [4.69, 9.17) is 0 Å². The van der Waals surface area contributed by atoms with Gasteiger partial charge in [-0.25, -0.2) is 8.78 Å². The molecule has 0 aliphatic rings. The SMILES string of the molecule is CNCC(=O)c1c(O)c(OC)cc(F)c1F. The Bertz CT molecular complexity index is 421. The zero-order valence-corrected chi connectivity index (χ0v) is 8.80. The highest BCUT2D eigenvalue weighted by Gasteiger charge is 2.23. The van der Waals surface area contributed by atoms with Gasteiger partial charge < -0.3 is 15.2 Å². The molecular weight excluding hydrogens is 220 g/mol. The molecule has 6 heteroatoms. The summed E-state index contributed by atoms with van der Waals surface area (Å²) in [6.07, 6.45) is 0. The van der Waals surface area contributed by atoms with Gasteiger partial charge in [-0.3, -0.25) is 4.79 Å². The third-order valence-corrected chi connectivity index (χ3v) is 1.99. The van der Waals surface area contributed by atoms with Crippen LogP contribution in [-0.2, 0) is 0 Å².